The first-order valence-electron chi connectivity index (χ1n) is 20.2. The Morgan fingerprint density at radius 1 is 0.594 bits per heavy atom. The van der Waals surface area contributed by atoms with Crippen molar-refractivity contribution in [1.29, 1.82) is 0 Å². The Labute approximate surface area is 368 Å². The zero-order valence-corrected chi connectivity index (χ0v) is 36.6. The van der Waals surface area contributed by atoms with Crippen LogP contribution in [0, 0.1) is 0 Å². The molecule has 4 rings (SSSR count). The van der Waals surface area contributed by atoms with Crippen molar-refractivity contribution in [2.24, 2.45) is 0 Å². The van der Waals surface area contributed by atoms with Gasteiger partial charge in [-0.15, -0.1) is 0 Å². The number of amides is 1. The van der Waals surface area contributed by atoms with Crippen LogP contribution in [0.1, 0.15) is 57.5 Å². The number of fused-ring (bicyclic) bond motifs is 1. The predicted molar refractivity (Wildman–Crippen MR) is 208 cm³/mol. The molecule has 0 N–H and O–H groups in total. The number of esters is 7. The van der Waals surface area contributed by atoms with Gasteiger partial charge < -0.3 is 71.2 Å². The Kier molecular flexibility index (Phi) is 20.3. The Hall–Kier alpha value is -5.30. The molecular weight excluding hydrogens is 858 g/mol. The third kappa shape index (κ3) is 15.5. The highest BCUT2D eigenvalue weighted by Gasteiger charge is 2.57. The zero-order chi connectivity index (χ0) is 46.9. The number of carbonyl (C=O) groups is 8. The minimum Gasteiger partial charge on any atom is -0.467 e. The van der Waals surface area contributed by atoms with E-state index in [4.69, 9.17) is 61.6 Å². The third-order valence-corrected chi connectivity index (χ3v) is 9.49. The number of hydrogen-bond acceptors (Lipinski definition) is 22. The second-order valence-electron chi connectivity index (χ2n) is 14.4. The normalized spacial score (nSPS) is 26.2. The van der Waals surface area contributed by atoms with Gasteiger partial charge in [0, 0.05) is 60.2 Å². The quantitative estimate of drug-likeness (QED) is 0.0790. The molecule has 0 aliphatic carbocycles. The Balaban J connectivity index is 1.53. The molecule has 0 unspecified atom stereocenters. The summed E-state index contributed by atoms with van der Waals surface area (Å²) in [6.45, 7) is 5.82. The smallest absolute Gasteiger partial charge is 0.331 e. The summed E-state index contributed by atoms with van der Waals surface area (Å²) in [7, 11) is 1.08. The molecule has 64 heavy (non-hydrogen) atoms. The van der Waals surface area contributed by atoms with E-state index < -0.39 is 123 Å². The van der Waals surface area contributed by atoms with Gasteiger partial charge in [-0.05, 0) is 11.6 Å². The first-order chi connectivity index (χ1) is 30.5. The number of hydrogen-bond donors (Lipinski definition) is 0. The topological polar surface area (TPSA) is 269 Å². The Morgan fingerprint density at radius 2 is 1.11 bits per heavy atom. The van der Waals surface area contributed by atoms with Crippen LogP contribution < -0.4 is 0 Å². The third-order valence-electron chi connectivity index (χ3n) is 9.49. The van der Waals surface area contributed by atoms with Crippen LogP contribution in [0.25, 0.3) is 0 Å². The first-order valence-corrected chi connectivity index (χ1v) is 20.2. The lowest BCUT2D eigenvalue weighted by molar-refractivity contribution is -0.363. The molecule has 0 saturated carbocycles. The largest absolute Gasteiger partial charge is 0.467 e. The highest BCUT2D eigenvalue weighted by atomic mass is 16.8. The lowest BCUT2D eigenvalue weighted by Crippen LogP contribution is -2.67. The average molecular weight is 914 g/mol. The minimum absolute atomic E-state index is 0.0249. The van der Waals surface area contributed by atoms with Crippen LogP contribution >= 0.6 is 0 Å². The van der Waals surface area contributed by atoms with E-state index in [0.29, 0.717) is 18.7 Å². The summed E-state index contributed by atoms with van der Waals surface area (Å²) in [5, 5.41) is 0. The molecule has 23 nitrogen and oxygen atoms in total. The maximum Gasteiger partial charge on any atom is 0.331 e. The molecule has 1 aromatic rings. The standard InChI is InChI=1S/C41H55NO22/c1-22(43)55-19-30-33(58-24(3)45)35(57-21-32(49)51-7)37(60-26(5)47)41(63-30)64-34-31(20-56-23(2)44)62-40(38(61-27(6)48)36(34)59-25(4)46)54-17-16-53-15-14-52-13-12-42-18-28-10-8-9-11-29(28)39(42)50/h8-11,30-31,33-38,40-41H,12-21H2,1-7H3/t30-,31-,33+,34-,35+,36+,37-,38-,40-,41+/m1/s1. The summed E-state index contributed by atoms with van der Waals surface area (Å²) in [5.41, 5.74) is 1.63. The van der Waals surface area contributed by atoms with E-state index in [-0.39, 0.29) is 38.9 Å². The van der Waals surface area contributed by atoms with Crippen molar-refractivity contribution in [3.63, 3.8) is 0 Å². The molecule has 23 heteroatoms. The van der Waals surface area contributed by atoms with Crippen LogP contribution in [-0.4, -0.2) is 181 Å². The van der Waals surface area contributed by atoms with Gasteiger partial charge in [0.25, 0.3) is 5.91 Å². The van der Waals surface area contributed by atoms with E-state index in [2.05, 4.69) is 4.74 Å². The number of rotatable bonds is 23. The van der Waals surface area contributed by atoms with Gasteiger partial charge >= 0.3 is 41.8 Å². The molecule has 3 heterocycles. The van der Waals surface area contributed by atoms with Crippen LogP contribution in [-0.2, 0) is 106 Å². The number of benzene rings is 1. The highest BCUT2D eigenvalue weighted by Crippen LogP contribution is 2.35. The second kappa shape index (κ2) is 25.3. The molecule has 0 radical (unpaired) electrons. The predicted octanol–water partition coefficient (Wildman–Crippen LogP) is -0.0616. The van der Waals surface area contributed by atoms with E-state index in [1.807, 2.05) is 18.2 Å². The average Bonchev–Trinajstić information content (AvgIpc) is 3.54. The van der Waals surface area contributed by atoms with Crippen LogP contribution in [0.4, 0.5) is 0 Å². The monoisotopic (exact) mass is 913 g/mol. The zero-order valence-electron chi connectivity index (χ0n) is 36.6. The molecule has 2 saturated heterocycles. The fourth-order valence-electron chi connectivity index (χ4n) is 6.91. The van der Waals surface area contributed by atoms with Gasteiger partial charge in [-0.25, -0.2) is 4.79 Å². The van der Waals surface area contributed by atoms with E-state index in [1.165, 1.54) is 0 Å². The first kappa shape index (κ1) is 51.3. The molecule has 0 spiro atoms. The summed E-state index contributed by atoms with van der Waals surface area (Å²) in [6, 6.07) is 7.39. The molecule has 10 atom stereocenters. The SMILES string of the molecule is COC(=O)CO[C@H]1[C@@H](OC(C)=O)[C@@H](COC(C)=O)O[C@@H](O[C@H]2[C@H](OC(C)=O)[C@@H](OC(C)=O)[C@H](OCCOCCOCCN3Cc4ccccc4C3=O)O[C@@H]2COC(C)=O)[C@@H]1OC(C)=O. The molecule has 3 aliphatic heterocycles. The van der Waals surface area contributed by atoms with Gasteiger partial charge in [0.15, 0.2) is 37.0 Å². The van der Waals surface area contributed by atoms with Crippen molar-refractivity contribution in [2.75, 3.05) is 66.5 Å². The summed E-state index contributed by atoms with van der Waals surface area (Å²) in [5.74, 6) is -6.00. The van der Waals surface area contributed by atoms with Gasteiger partial charge in [0.05, 0.1) is 40.1 Å². The van der Waals surface area contributed by atoms with Crippen LogP contribution in [0.5, 0.6) is 0 Å². The summed E-state index contributed by atoms with van der Waals surface area (Å²) >= 11 is 0. The summed E-state index contributed by atoms with van der Waals surface area (Å²) in [6.07, 6.45) is -15.8. The second-order valence-corrected chi connectivity index (χ2v) is 14.4. The lowest BCUT2D eigenvalue weighted by atomic mass is 9.96. The molecule has 3 aliphatic rings. The van der Waals surface area contributed by atoms with Crippen molar-refractivity contribution in [3.05, 3.63) is 35.4 Å². The van der Waals surface area contributed by atoms with E-state index in [1.54, 1.807) is 11.0 Å². The van der Waals surface area contributed by atoms with Gasteiger partial charge in [0.2, 0.25) is 0 Å². The van der Waals surface area contributed by atoms with Crippen molar-refractivity contribution < 1.29 is 105 Å². The Morgan fingerprint density at radius 3 is 1.69 bits per heavy atom. The molecule has 356 valence electrons. The Bertz CT molecular complexity index is 1790. The van der Waals surface area contributed by atoms with Crippen LogP contribution in [0.3, 0.4) is 0 Å². The molecule has 1 amide bonds. The summed E-state index contributed by atoms with van der Waals surface area (Å²) < 4.78 is 79.2. The molecule has 0 aromatic heterocycles. The number of carbonyl (C=O) groups excluding carboxylic acids is 8. The van der Waals surface area contributed by atoms with Crippen molar-refractivity contribution in [1.82, 2.24) is 4.90 Å². The van der Waals surface area contributed by atoms with E-state index in [9.17, 15) is 38.4 Å². The van der Waals surface area contributed by atoms with Crippen molar-refractivity contribution >= 4 is 47.7 Å². The van der Waals surface area contributed by atoms with Crippen LogP contribution in [0.2, 0.25) is 0 Å². The molecule has 0 bridgehead atoms. The van der Waals surface area contributed by atoms with Crippen LogP contribution in [0.15, 0.2) is 24.3 Å². The van der Waals surface area contributed by atoms with Crippen molar-refractivity contribution in [2.45, 2.75) is 109 Å². The number of methoxy groups -OCH3 is 1. The van der Waals surface area contributed by atoms with E-state index in [0.717, 1.165) is 54.2 Å². The number of ether oxygens (including phenoxy) is 14. The fourth-order valence-corrected chi connectivity index (χ4v) is 6.91. The maximum atomic E-state index is 12.7. The van der Waals surface area contributed by atoms with Crippen molar-refractivity contribution in [3.8, 4) is 0 Å². The minimum atomic E-state index is -1.82. The van der Waals surface area contributed by atoms with Gasteiger partial charge in [-0.2, -0.15) is 0 Å². The van der Waals surface area contributed by atoms with Gasteiger partial charge in [-0.1, -0.05) is 18.2 Å². The summed E-state index contributed by atoms with van der Waals surface area (Å²) in [4.78, 5) is 101. The molecule has 2 fully saturated rings. The number of nitrogens with zero attached hydrogens (tertiary/aromatic N) is 1. The lowest BCUT2D eigenvalue weighted by Gasteiger charge is -2.48. The molecule has 1 aromatic carbocycles. The van der Waals surface area contributed by atoms with Gasteiger partial charge in [-0.3, -0.25) is 33.6 Å². The maximum absolute atomic E-state index is 12.7. The highest BCUT2D eigenvalue weighted by molar-refractivity contribution is 5.98. The van der Waals surface area contributed by atoms with E-state index >= 15 is 0 Å². The molecular formula is C41H55NO22. The van der Waals surface area contributed by atoms with Gasteiger partial charge in [0.1, 0.15) is 44.2 Å². The fraction of sp³-hybridized carbons (Fsp3) is 0.659.